The van der Waals surface area contributed by atoms with Crippen molar-refractivity contribution in [2.45, 2.75) is 40.5 Å². The molecule has 0 radical (unpaired) electrons. The van der Waals surface area contributed by atoms with Crippen LogP contribution in [0.25, 0.3) is 0 Å². The van der Waals surface area contributed by atoms with Crippen LogP contribution in [0.3, 0.4) is 0 Å². The summed E-state index contributed by atoms with van der Waals surface area (Å²) in [6, 6.07) is 0. The van der Waals surface area contributed by atoms with Gasteiger partial charge in [0.05, 0.1) is 0 Å². The van der Waals surface area contributed by atoms with Crippen LogP contribution in [0.2, 0.25) is 0 Å². The average molecular weight is 240 g/mol. The van der Waals surface area contributed by atoms with Crippen molar-refractivity contribution in [2.75, 3.05) is 13.2 Å². The van der Waals surface area contributed by atoms with Crippen LogP contribution in [-0.2, 0) is 14.3 Å². The van der Waals surface area contributed by atoms with E-state index in [4.69, 9.17) is 4.74 Å². The van der Waals surface area contributed by atoms with Crippen LogP contribution in [0.4, 0.5) is 0 Å². The van der Waals surface area contributed by atoms with Crippen molar-refractivity contribution in [2.24, 2.45) is 11.8 Å². The first-order chi connectivity index (χ1) is 7.93. The van der Waals surface area contributed by atoms with Gasteiger partial charge in [-0.2, -0.15) is 0 Å². The molecule has 0 amide bonds. The van der Waals surface area contributed by atoms with Crippen molar-refractivity contribution < 1.29 is 14.3 Å². The number of hydrogen-bond donors (Lipinski definition) is 0. The second-order valence-corrected chi connectivity index (χ2v) is 4.85. The summed E-state index contributed by atoms with van der Waals surface area (Å²) in [6.45, 7) is 8.40. The third-order valence-electron chi connectivity index (χ3n) is 2.27. The number of hydrogen-bond acceptors (Lipinski definition) is 3. The van der Waals surface area contributed by atoms with Gasteiger partial charge in [0.2, 0.25) is 0 Å². The maximum absolute atomic E-state index is 11.3. The molecule has 17 heavy (non-hydrogen) atoms. The zero-order chi connectivity index (χ0) is 13.3. The first-order valence-electron chi connectivity index (χ1n) is 6.25. The molecule has 0 aliphatic heterocycles. The zero-order valence-electron chi connectivity index (χ0n) is 11.4. The Morgan fingerprint density at radius 3 is 2.35 bits per heavy atom. The third kappa shape index (κ3) is 9.94. The Morgan fingerprint density at radius 1 is 1.18 bits per heavy atom. The SMILES string of the molecule is CC(C)/C=C/C(=O)CCCOCC(=O)C(C)C. The van der Waals surface area contributed by atoms with Crippen molar-refractivity contribution in [3.8, 4) is 0 Å². The molecule has 0 saturated carbocycles. The fraction of sp³-hybridized carbons (Fsp3) is 0.714. The van der Waals surface area contributed by atoms with E-state index < -0.39 is 0 Å². The lowest BCUT2D eigenvalue weighted by atomic mass is 10.1. The molecule has 0 aliphatic rings. The Kier molecular flexibility index (Phi) is 8.60. The third-order valence-corrected chi connectivity index (χ3v) is 2.27. The largest absolute Gasteiger partial charge is 0.374 e. The van der Waals surface area contributed by atoms with Gasteiger partial charge in [0.15, 0.2) is 11.6 Å². The molecule has 0 fully saturated rings. The Balaban J connectivity index is 3.52. The molecule has 0 aliphatic carbocycles. The normalized spacial score (nSPS) is 11.6. The van der Waals surface area contributed by atoms with E-state index in [9.17, 15) is 9.59 Å². The van der Waals surface area contributed by atoms with Crippen LogP contribution >= 0.6 is 0 Å². The first-order valence-corrected chi connectivity index (χ1v) is 6.25. The predicted molar refractivity (Wildman–Crippen MR) is 68.9 cm³/mol. The molecule has 0 heterocycles. The molecule has 0 bridgehead atoms. The standard InChI is InChI=1S/C14H24O3/c1-11(2)7-8-13(15)6-5-9-17-10-14(16)12(3)4/h7-8,11-12H,5-6,9-10H2,1-4H3/b8-7+. The van der Waals surface area contributed by atoms with Crippen molar-refractivity contribution in [3.63, 3.8) is 0 Å². The van der Waals surface area contributed by atoms with E-state index in [0.29, 0.717) is 25.4 Å². The minimum absolute atomic E-state index is 0.0191. The van der Waals surface area contributed by atoms with Crippen molar-refractivity contribution >= 4 is 11.6 Å². The molecule has 0 atom stereocenters. The van der Waals surface area contributed by atoms with Gasteiger partial charge < -0.3 is 4.74 Å². The number of carbonyl (C=O) groups is 2. The monoisotopic (exact) mass is 240 g/mol. The Morgan fingerprint density at radius 2 is 1.82 bits per heavy atom. The highest BCUT2D eigenvalue weighted by Crippen LogP contribution is 1.99. The Bertz CT molecular complexity index is 265. The summed E-state index contributed by atoms with van der Waals surface area (Å²) >= 11 is 0. The number of carbonyl (C=O) groups excluding carboxylic acids is 2. The van der Waals surface area contributed by atoms with Gasteiger partial charge in [0, 0.05) is 18.9 Å². The van der Waals surface area contributed by atoms with Crippen LogP contribution in [0.5, 0.6) is 0 Å². The lowest BCUT2D eigenvalue weighted by Gasteiger charge is -2.04. The molecule has 0 N–H and O–H groups in total. The molecule has 0 aromatic rings. The van der Waals surface area contributed by atoms with Gasteiger partial charge in [-0.15, -0.1) is 0 Å². The predicted octanol–water partition coefficient (Wildman–Crippen LogP) is 2.79. The topological polar surface area (TPSA) is 43.4 Å². The highest BCUT2D eigenvalue weighted by molar-refractivity contribution is 5.89. The molecule has 3 nitrogen and oxygen atoms in total. The van der Waals surface area contributed by atoms with Crippen molar-refractivity contribution in [1.82, 2.24) is 0 Å². The van der Waals surface area contributed by atoms with Gasteiger partial charge in [0.25, 0.3) is 0 Å². The fourth-order valence-electron chi connectivity index (χ4n) is 1.07. The number of Topliss-reactive ketones (excluding diaryl/α,β-unsaturated/α-hetero) is 1. The highest BCUT2D eigenvalue weighted by atomic mass is 16.5. The zero-order valence-corrected chi connectivity index (χ0v) is 11.4. The fourth-order valence-corrected chi connectivity index (χ4v) is 1.07. The molecule has 0 aromatic carbocycles. The summed E-state index contributed by atoms with van der Waals surface area (Å²) in [5, 5.41) is 0. The van der Waals surface area contributed by atoms with E-state index in [-0.39, 0.29) is 24.1 Å². The van der Waals surface area contributed by atoms with Gasteiger partial charge >= 0.3 is 0 Å². The molecule has 0 spiro atoms. The highest BCUT2D eigenvalue weighted by Gasteiger charge is 2.06. The van der Waals surface area contributed by atoms with E-state index in [2.05, 4.69) is 0 Å². The minimum atomic E-state index is 0.0191. The Hall–Kier alpha value is -0.960. The van der Waals surface area contributed by atoms with Crippen LogP contribution in [-0.4, -0.2) is 24.8 Å². The van der Waals surface area contributed by atoms with E-state index in [1.807, 2.05) is 33.8 Å². The van der Waals surface area contributed by atoms with Gasteiger partial charge in [-0.05, 0) is 18.4 Å². The maximum Gasteiger partial charge on any atom is 0.160 e. The summed E-state index contributed by atoms with van der Waals surface area (Å²) < 4.78 is 5.21. The number of rotatable bonds is 9. The molecule has 0 unspecified atom stereocenters. The van der Waals surface area contributed by atoms with Gasteiger partial charge in [-0.1, -0.05) is 33.8 Å². The van der Waals surface area contributed by atoms with Gasteiger partial charge in [0.1, 0.15) is 6.61 Å². The number of allylic oxidation sites excluding steroid dienone is 2. The van der Waals surface area contributed by atoms with Crippen molar-refractivity contribution in [1.29, 1.82) is 0 Å². The van der Waals surface area contributed by atoms with Crippen LogP contribution < -0.4 is 0 Å². The Labute approximate surface area is 104 Å². The van der Waals surface area contributed by atoms with Crippen LogP contribution in [0.15, 0.2) is 12.2 Å². The first kappa shape index (κ1) is 16.0. The summed E-state index contributed by atoms with van der Waals surface area (Å²) in [6.07, 6.45) is 4.68. The lowest BCUT2D eigenvalue weighted by molar-refractivity contribution is -0.126. The molecular formula is C14H24O3. The van der Waals surface area contributed by atoms with Gasteiger partial charge in [-0.25, -0.2) is 0 Å². The average Bonchev–Trinajstić information content (AvgIpc) is 2.25. The summed E-state index contributed by atoms with van der Waals surface area (Å²) in [7, 11) is 0. The molecule has 98 valence electrons. The van der Waals surface area contributed by atoms with Crippen LogP contribution in [0.1, 0.15) is 40.5 Å². The second-order valence-electron chi connectivity index (χ2n) is 4.85. The molecule has 0 rings (SSSR count). The molecule has 0 saturated heterocycles. The maximum atomic E-state index is 11.3. The number of ketones is 2. The minimum Gasteiger partial charge on any atom is -0.374 e. The van der Waals surface area contributed by atoms with E-state index in [1.54, 1.807) is 6.08 Å². The summed E-state index contributed by atoms with van der Waals surface area (Å²) in [4.78, 5) is 22.6. The quantitative estimate of drug-likeness (QED) is 0.460. The molecular weight excluding hydrogens is 216 g/mol. The molecule has 0 aromatic heterocycles. The van der Waals surface area contributed by atoms with Crippen LogP contribution in [0, 0.1) is 11.8 Å². The van der Waals surface area contributed by atoms with E-state index in [0.717, 1.165) is 0 Å². The van der Waals surface area contributed by atoms with Gasteiger partial charge in [-0.3, -0.25) is 9.59 Å². The lowest BCUT2D eigenvalue weighted by Crippen LogP contribution is -2.15. The number of ether oxygens (including phenoxy) is 1. The molecule has 3 heteroatoms. The summed E-state index contributed by atoms with van der Waals surface area (Å²) in [5.74, 6) is 0.651. The van der Waals surface area contributed by atoms with E-state index >= 15 is 0 Å². The summed E-state index contributed by atoms with van der Waals surface area (Å²) in [5.41, 5.74) is 0. The second kappa shape index (κ2) is 9.11. The van der Waals surface area contributed by atoms with Crippen molar-refractivity contribution in [3.05, 3.63) is 12.2 Å². The smallest absolute Gasteiger partial charge is 0.160 e. The van der Waals surface area contributed by atoms with E-state index in [1.165, 1.54) is 0 Å².